The third-order valence-corrected chi connectivity index (χ3v) is 8.02. The number of urea groups is 1. The number of alkyl carbamates (subject to hydrolysis) is 1. The van der Waals surface area contributed by atoms with Crippen LogP contribution in [0.15, 0.2) is 91.0 Å². The van der Waals surface area contributed by atoms with Crippen molar-refractivity contribution in [1.82, 2.24) is 20.4 Å². The van der Waals surface area contributed by atoms with Crippen molar-refractivity contribution in [2.45, 2.75) is 63.5 Å². The van der Waals surface area contributed by atoms with E-state index in [1.807, 2.05) is 66.7 Å². The molecule has 1 saturated heterocycles. The summed E-state index contributed by atoms with van der Waals surface area (Å²) in [5.74, 6) is -0.800. The lowest BCUT2D eigenvalue weighted by molar-refractivity contribution is -0.149. The summed E-state index contributed by atoms with van der Waals surface area (Å²) < 4.78 is 10.8. The summed E-state index contributed by atoms with van der Waals surface area (Å²) in [6, 6.07) is 25.7. The first-order chi connectivity index (χ1) is 22.8. The number of unbranched alkanes of at least 4 members (excludes halogenated alkanes) is 1. The van der Waals surface area contributed by atoms with Crippen LogP contribution in [-0.2, 0) is 27.5 Å². The number of benzene rings is 3. The van der Waals surface area contributed by atoms with E-state index in [-0.39, 0.29) is 25.7 Å². The average Bonchev–Trinajstić information content (AvgIpc) is 3.60. The third-order valence-electron chi connectivity index (χ3n) is 8.02. The van der Waals surface area contributed by atoms with Gasteiger partial charge in [-0.15, -0.1) is 0 Å². The van der Waals surface area contributed by atoms with Gasteiger partial charge in [-0.2, -0.15) is 0 Å². The summed E-state index contributed by atoms with van der Waals surface area (Å²) in [4.78, 5) is 54.3. The van der Waals surface area contributed by atoms with Crippen LogP contribution in [0.4, 0.5) is 9.59 Å². The predicted octanol–water partition coefficient (Wildman–Crippen LogP) is 4.50. The standard InChI is InChI=1S/C36H44N4O7/c1-39(36(45)40-23-13-21-31(40)34(43)46-25-27-14-5-2-6-15-27)24-32(41)30(38-33(42)29-18-9-4-10-19-29)20-11-12-22-37-35(44)47-26-28-16-7-3-8-17-28/h2-10,14-19,30-32,41H,11-13,20-26H2,1H3,(H,37,44)(H,38,42)/t30?,31-,32?/m0/s1. The molecule has 0 saturated carbocycles. The average molecular weight is 645 g/mol. The Morgan fingerprint density at radius 3 is 2.11 bits per heavy atom. The van der Waals surface area contributed by atoms with Crippen molar-refractivity contribution in [1.29, 1.82) is 0 Å². The smallest absolute Gasteiger partial charge is 0.407 e. The number of aliphatic hydroxyl groups is 1. The first-order valence-electron chi connectivity index (χ1n) is 16.0. The number of rotatable bonds is 15. The van der Waals surface area contributed by atoms with Crippen LogP contribution in [0.5, 0.6) is 0 Å². The van der Waals surface area contributed by atoms with Crippen molar-refractivity contribution < 1.29 is 33.8 Å². The minimum atomic E-state index is -1.09. The summed E-state index contributed by atoms with van der Waals surface area (Å²) in [5, 5.41) is 16.9. The molecule has 3 aromatic carbocycles. The molecule has 11 nitrogen and oxygen atoms in total. The van der Waals surface area contributed by atoms with Gasteiger partial charge >= 0.3 is 18.1 Å². The number of hydrogen-bond donors (Lipinski definition) is 3. The zero-order chi connectivity index (χ0) is 33.4. The maximum Gasteiger partial charge on any atom is 0.407 e. The number of aliphatic hydroxyl groups excluding tert-OH is 1. The van der Waals surface area contributed by atoms with Gasteiger partial charge in [0.2, 0.25) is 0 Å². The van der Waals surface area contributed by atoms with Crippen molar-refractivity contribution in [3.05, 3.63) is 108 Å². The second-order valence-electron chi connectivity index (χ2n) is 11.6. The lowest BCUT2D eigenvalue weighted by Gasteiger charge is -2.32. The highest BCUT2D eigenvalue weighted by molar-refractivity contribution is 5.94. The number of carbonyl (C=O) groups is 4. The Morgan fingerprint density at radius 2 is 1.47 bits per heavy atom. The fourth-order valence-electron chi connectivity index (χ4n) is 5.43. The van der Waals surface area contributed by atoms with Crippen LogP contribution in [-0.4, -0.2) is 83.8 Å². The maximum absolute atomic E-state index is 13.4. The maximum atomic E-state index is 13.4. The van der Waals surface area contributed by atoms with Crippen molar-refractivity contribution in [2.75, 3.05) is 26.7 Å². The molecule has 4 amide bonds. The predicted molar refractivity (Wildman–Crippen MR) is 176 cm³/mol. The van der Waals surface area contributed by atoms with Crippen LogP contribution in [0.3, 0.4) is 0 Å². The third kappa shape index (κ3) is 11.1. The molecule has 0 bridgehead atoms. The van der Waals surface area contributed by atoms with E-state index in [4.69, 9.17) is 9.47 Å². The first kappa shape index (κ1) is 35.0. The molecular weight excluding hydrogens is 600 g/mol. The molecule has 1 fully saturated rings. The first-order valence-corrected chi connectivity index (χ1v) is 16.0. The summed E-state index contributed by atoms with van der Waals surface area (Å²) >= 11 is 0. The molecule has 0 aromatic heterocycles. The number of nitrogens with one attached hydrogen (secondary N) is 2. The molecule has 47 heavy (non-hydrogen) atoms. The highest BCUT2D eigenvalue weighted by Gasteiger charge is 2.37. The molecule has 1 heterocycles. The Labute approximate surface area is 275 Å². The van der Waals surface area contributed by atoms with Gasteiger partial charge in [0, 0.05) is 25.7 Å². The highest BCUT2D eigenvalue weighted by atomic mass is 16.5. The van der Waals surface area contributed by atoms with Gasteiger partial charge in [0.05, 0.1) is 18.7 Å². The van der Waals surface area contributed by atoms with Crippen LogP contribution in [0, 0.1) is 0 Å². The number of likely N-dealkylation sites (tertiary alicyclic amines) is 1. The van der Waals surface area contributed by atoms with Gasteiger partial charge in [0.15, 0.2) is 0 Å². The SMILES string of the molecule is CN(CC(O)C(CCCCNC(=O)OCc1ccccc1)NC(=O)c1ccccc1)C(=O)N1CCC[C@H]1C(=O)OCc1ccccc1. The summed E-state index contributed by atoms with van der Waals surface area (Å²) in [6.07, 6.45) is 1.12. The van der Waals surface area contributed by atoms with Crippen LogP contribution >= 0.6 is 0 Å². The van der Waals surface area contributed by atoms with Crippen molar-refractivity contribution in [3.63, 3.8) is 0 Å². The number of nitrogens with zero attached hydrogens (tertiary/aromatic N) is 2. The largest absolute Gasteiger partial charge is 0.459 e. The van der Waals surface area contributed by atoms with Crippen LogP contribution in [0.1, 0.15) is 53.6 Å². The molecule has 2 unspecified atom stereocenters. The van der Waals surface area contributed by atoms with Gasteiger partial charge in [0.25, 0.3) is 5.91 Å². The van der Waals surface area contributed by atoms with Crippen LogP contribution in [0.25, 0.3) is 0 Å². The van der Waals surface area contributed by atoms with Crippen LogP contribution < -0.4 is 10.6 Å². The van der Waals surface area contributed by atoms with E-state index in [0.29, 0.717) is 50.8 Å². The molecule has 3 atom stereocenters. The summed E-state index contributed by atoms with van der Waals surface area (Å²) in [7, 11) is 1.57. The second kappa shape index (κ2) is 18.3. The molecule has 3 aromatic rings. The van der Waals surface area contributed by atoms with Gasteiger partial charge in [-0.1, -0.05) is 78.9 Å². The van der Waals surface area contributed by atoms with Gasteiger partial charge in [-0.05, 0) is 55.4 Å². The Bertz CT molecular complexity index is 1430. The van der Waals surface area contributed by atoms with Gasteiger partial charge < -0.3 is 35.0 Å². The monoisotopic (exact) mass is 644 g/mol. The van der Waals surface area contributed by atoms with E-state index in [1.165, 1.54) is 9.80 Å². The molecule has 3 N–H and O–H groups in total. The highest BCUT2D eigenvalue weighted by Crippen LogP contribution is 2.21. The minimum absolute atomic E-state index is 0.0646. The Kier molecular flexibility index (Phi) is 13.6. The summed E-state index contributed by atoms with van der Waals surface area (Å²) in [5.41, 5.74) is 2.20. The number of esters is 1. The number of hydrogen-bond acceptors (Lipinski definition) is 7. The van der Waals surface area contributed by atoms with Gasteiger partial charge in [-0.25, -0.2) is 14.4 Å². The molecule has 1 aliphatic heterocycles. The molecule has 250 valence electrons. The van der Waals surface area contributed by atoms with Crippen molar-refractivity contribution in [2.24, 2.45) is 0 Å². The number of likely N-dealkylation sites (N-methyl/N-ethyl adjacent to an activating group) is 1. The minimum Gasteiger partial charge on any atom is -0.459 e. The Balaban J connectivity index is 1.28. The Hall–Kier alpha value is -4.90. The van der Waals surface area contributed by atoms with Crippen molar-refractivity contribution in [3.8, 4) is 0 Å². The quantitative estimate of drug-likeness (QED) is 0.164. The van der Waals surface area contributed by atoms with E-state index in [9.17, 15) is 24.3 Å². The van der Waals surface area contributed by atoms with Gasteiger partial charge in [0.1, 0.15) is 19.3 Å². The number of ether oxygens (including phenoxy) is 2. The molecule has 0 spiro atoms. The van der Waals surface area contributed by atoms with E-state index in [0.717, 1.165) is 11.1 Å². The van der Waals surface area contributed by atoms with Gasteiger partial charge in [-0.3, -0.25) is 4.79 Å². The molecule has 0 radical (unpaired) electrons. The molecule has 11 heteroatoms. The fourth-order valence-corrected chi connectivity index (χ4v) is 5.43. The van der Waals surface area contributed by atoms with Crippen molar-refractivity contribution >= 4 is 24.0 Å². The second-order valence-corrected chi connectivity index (χ2v) is 11.6. The topological polar surface area (TPSA) is 138 Å². The zero-order valence-electron chi connectivity index (χ0n) is 26.8. The van der Waals surface area contributed by atoms with E-state index in [1.54, 1.807) is 31.3 Å². The van der Waals surface area contributed by atoms with E-state index in [2.05, 4.69) is 10.6 Å². The zero-order valence-corrected chi connectivity index (χ0v) is 26.8. The normalized spacial score (nSPS) is 15.3. The van der Waals surface area contributed by atoms with Crippen LogP contribution in [0.2, 0.25) is 0 Å². The van der Waals surface area contributed by atoms with E-state index >= 15 is 0 Å². The lowest BCUT2D eigenvalue weighted by atomic mass is 10.0. The molecule has 0 aliphatic carbocycles. The number of carbonyl (C=O) groups excluding carboxylic acids is 4. The molecule has 4 rings (SSSR count). The summed E-state index contributed by atoms with van der Waals surface area (Å²) in [6.45, 7) is 0.994. The fraction of sp³-hybridized carbons (Fsp3) is 0.389. The van der Waals surface area contributed by atoms with E-state index < -0.39 is 36.3 Å². The molecular formula is C36H44N4O7. The lowest BCUT2D eigenvalue weighted by Crippen LogP contribution is -2.52. The Morgan fingerprint density at radius 1 is 0.872 bits per heavy atom. The molecule has 1 aliphatic rings. The number of amides is 4.